The number of halogens is 1. The van der Waals surface area contributed by atoms with Crippen LogP contribution < -0.4 is 10.6 Å². The number of carbonyl (C=O) groups excluding carboxylic acids is 2. The van der Waals surface area contributed by atoms with Crippen LogP contribution >= 0.6 is 11.6 Å². The molecule has 2 N–H and O–H groups in total. The van der Waals surface area contributed by atoms with E-state index in [1.165, 1.54) is 11.1 Å². The number of likely N-dealkylation sites (tertiary alicyclic amines) is 1. The monoisotopic (exact) mass is 470 g/mol. The van der Waals surface area contributed by atoms with Gasteiger partial charge in [-0.05, 0) is 66.9 Å². The van der Waals surface area contributed by atoms with Crippen LogP contribution in [0, 0.1) is 0 Å². The molecule has 1 saturated heterocycles. The molecular weight excluding hydrogens is 440 g/mol. The van der Waals surface area contributed by atoms with Gasteiger partial charge in [0, 0.05) is 49.6 Å². The number of ether oxygens (including phenoxy) is 1. The van der Waals surface area contributed by atoms with Crippen molar-refractivity contribution in [2.24, 2.45) is 0 Å². The van der Waals surface area contributed by atoms with Crippen LogP contribution in [0.3, 0.4) is 0 Å². The summed E-state index contributed by atoms with van der Waals surface area (Å²) in [7, 11) is 3.74. The minimum atomic E-state index is -0.619. The summed E-state index contributed by atoms with van der Waals surface area (Å²) in [6.45, 7) is 4.60. The van der Waals surface area contributed by atoms with Crippen LogP contribution in [0.2, 0.25) is 5.02 Å². The van der Waals surface area contributed by atoms with Crippen LogP contribution in [0.1, 0.15) is 30.4 Å². The number of amides is 3. The standard InChI is InChI=1S/C25H31ClN4O3/c1-16-14-29(2)11-10-17-12-20(8-9-22(16)17)27-24(31)23-13-21(33-3)15-30(23)25(32)28-19-6-4-18(26)5-7-19/h4-9,12,16,21,23H,10-11,13-15H2,1-3H3,(H,27,31)(H,28,32)/t16-,21-,23-/m1/s1. The Morgan fingerprint density at radius 3 is 2.52 bits per heavy atom. The van der Waals surface area contributed by atoms with Gasteiger partial charge in [-0.1, -0.05) is 24.6 Å². The summed E-state index contributed by atoms with van der Waals surface area (Å²) in [4.78, 5) is 30.1. The fraction of sp³-hybridized carbons (Fsp3) is 0.440. The van der Waals surface area contributed by atoms with E-state index in [4.69, 9.17) is 16.3 Å². The third kappa shape index (κ3) is 5.49. The molecule has 0 saturated carbocycles. The maximum absolute atomic E-state index is 13.2. The van der Waals surface area contributed by atoms with E-state index in [9.17, 15) is 9.59 Å². The second-order valence-corrected chi connectivity index (χ2v) is 9.45. The number of carbonyl (C=O) groups is 2. The van der Waals surface area contributed by atoms with Crippen LogP contribution in [0.4, 0.5) is 16.2 Å². The van der Waals surface area contributed by atoms with Crippen LogP contribution in [-0.4, -0.2) is 67.7 Å². The minimum Gasteiger partial charge on any atom is -0.380 e. The normalized spacial score (nSPS) is 23.0. The number of rotatable bonds is 4. The first kappa shape index (κ1) is 23.5. The lowest BCUT2D eigenvalue weighted by atomic mass is 9.95. The Hall–Kier alpha value is -2.61. The molecule has 0 spiro atoms. The fourth-order valence-corrected chi connectivity index (χ4v) is 4.87. The molecular formula is C25H31ClN4O3. The molecule has 2 aliphatic heterocycles. The van der Waals surface area contributed by atoms with Gasteiger partial charge < -0.3 is 25.2 Å². The van der Waals surface area contributed by atoms with E-state index in [1.54, 1.807) is 36.3 Å². The smallest absolute Gasteiger partial charge is 0.322 e. The van der Waals surface area contributed by atoms with E-state index in [0.29, 0.717) is 29.6 Å². The highest BCUT2D eigenvalue weighted by Gasteiger charge is 2.40. The number of anilines is 2. The summed E-state index contributed by atoms with van der Waals surface area (Å²) in [5.74, 6) is 0.237. The Labute approximate surface area is 200 Å². The van der Waals surface area contributed by atoms with Gasteiger partial charge in [0.15, 0.2) is 0 Å². The predicted octanol–water partition coefficient (Wildman–Crippen LogP) is 4.19. The third-order valence-electron chi connectivity index (χ3n) is 6.54. The van der Waals surface area contributed by atoms with Gasteiger partial charge in [-0.2, -0.15) is 0 Å². The number of methoxy groups -OCH3 is 1. The topological polar surface area (TPSA) is 73.9 Å². The molecule has 2 heterocycles. The highest BCUT2D eigenvalue weighted by Crippen LogP contribution is 2.28. The van der Waals surface area contributed by atoms with Crippen molar-refractivity contribution in [3.8, 4) is 0 Å². The second-order valence-electron chi connectivity index (χ2n) is 9.01. The van der Waals surface area contributed by atoms with Crippen molar-refractivity contribution in [1.82, 2.24) is 9.80 Å². The van der Waals surface area contributed by atoms with Gasteiger partial charge >= 0.3 is 6.03 Å². The molecule has 0 radical (unpaired) electrons. The van der Waals surface area contributed by atoms with Crippen molar-refractivity contribution in [1.29, 1.82) is 0 Å². The zero-order chi connectivity index (χ0) is 23.5. The molecule has 3 atom stereocenters. The van der Waals surface area contributed by atoms with Gasteiger partial charge in [-0.25, -0.2) is 4.79 Å². The minimum absolute atomic E-state index is 0.194. The maximum atomic E-state index is 13.2. The van der Waals surface area contributed by atoms with Crippen molar-refractivity contribution < 1.29 is 14.3 Å². The number of nitrogens with zero attached hydrogens (tertiary/aromatic N) is 2. The van der Waals surface area contributed by atoms with E-state index in [1.807, 2.05) is 6.07 Å². The van der Waals surface area contributed by atoms with E-state index >= 15 is 0 Å². The average Bonchev–Trinajstić information content (AvgIpc) is 3.18. The molecule has 0 unspecified atom stereocenters. The summed E-state index contributed by atoms with van der Waals surface area (Å²) < 4.78 is 5.47. The molecule has 0 aromatic heterocycles. The molecule has 3 amide bonds. The summed E-state index contributed by atoms with van der Waals surface area (Å²) in [5, 5.41) is 6.47. The van der Waals surface area contributed by atoms with E-state index in [-0.39, 0.29) is 18.0 Å². The van der Waals surface area contributed by atoms with Crippen LogP contribution in [0.25, 0.3) is 0 Å². The summed E-state index contributed by atoms with van der Waals surface area (Å²) in [6.07, 6.45) is 1.20. The fourth-order valence-electron chi connectivity index (χ4n) is 4.74. The number of hydrogen-bond donors (Lipinski definition) is 2. The molecule has 4 rings (SSSR count). The van der Waals surface area contributed by atoms with Crippen LogP contribution in [0.15, 0.2) is 42.5 Å². The Bertz CT molecular complexity index is 1010. The van der Waals surface area contributed by atoms with Crippen molar-refractivity contribution in [2.75, 3.05) is 44.4 Å². The molecule has 1 fully saturated rings. The van der Waals surface area contributed by atoms with Gasteiger partial charge in [-0.3, -0.25) is 4.79 Å². The number of likely N-dealkylation sites (N-methyl/N-ethyl adjacent to an activating group) is 1. The van der Waals surface area contributed by atoms with Crippen molar-refractivity contribution in [3.05, 3.63) is 58.6 Å². The average molecular weight is 471 g/mol. The molecule has 2 aromatic rings. The number of benzene rings is 2. The molecule has 8 heteroatoms. The molecule has 2 aromatic carbocycles. The van der Waals surface area contributed by atoms with Crippen molar-refractivity contribution in [3.63, 3.8) is 0 Å². The number of nitrogens with one attached hydrogen (secondary N) is 2. The van der Waals surface area contributed by atoms with Gasteiger partial charge in [-0.15, -0.1) is 0 Å². The largest absolute Gasteiger partial charge is 0.380 e. The SMILES string of the molecule is CO[C@@H]1C[C@H](C(=O)Nc2ccc3c(c2)CCN(C)C[C@H]3C)N(C(=O)Nc2ccc(Cl)cc2)C1. The lowest BCUT2D eigenvalue weighted by Gasteiger charge is -2.24. The quantitative estimate of drug-likeness (QED) is 0.702. The highest BCUT2D eigenvalue weighted by atomic mass is 35.5. The lowest BCUT2D eigenvalue weighted by Crippen LogP contribution is -2.45. The van der Waals surface area contributed by atoms with Crippen LogP contribution in [0.5, 0.6) is 0 Å². The van der Waals surface area contributed by atoms with E-state index < -0.39 is 6.04 Å². The molecule has 33 heavy (non-hydrogen) atoms. The predicted molar refractivity (Wildman–Crippen MR) is 131 cm³/mol. The first-order chi connectivity index (χ1) is 15.8. The Kier molecular flexibility index (Phi) is 7.22. The lowest BCUT2D eigenvalue weighted by molar-refractivity contribution is -0.119. The number of hydrogen-bond acceptors (Lipinski definition) is 4. The number of fused-ring (bicyclic) bond motifs is 1. The maximum Gasteiger partial charge on any atom is 0.322 e. The molecule has 2 aliphatic rings. The summed E-state index contributed by atoms with van der Waals surface area (Å²) in [5.41, 5.74) is 3.98. The Morgan fingerprint density at radius 2 is 1.79 bits per heavy atom. The highest BCUT2D eigenvalue weighted by molar-refractivity contribution is 6.30. The molecule has 176 valence electrons. The van der Waals surface area contributed by atoms with Gasteiger partial charge in [0.05, 0.1) is 6.10 Å². The summed E-state index contributed by atoms with van der Waals surface area (Å²) >= 11 is 5.93. The van der Waals surface area contributed by atoms with Gasteiger partial charge in [0.25, 0.3) is 0 Å². The second kappa shape index (κ2) is 10.1. The zero-order valence-electron chi connectivity index (χ0n) is 19.3. The first-order valence-corrected chi connectivity index (χ1v) is 11.7. The van der Waals surface area contributed by atoms with Gasteiger partial charge in [0.2, 0.25) is 5.91 Å². The van der Waals surface area contributed by atoms with E-state index in [0.717, 1.165) is 25.2 Å². The third-order valence-corrected chi connectivity index (χ3v) is 6.80. The molecule has 7 nitrogen and oxygen atoms in total. The zero-order valence-corrected chi connectivity index (χ0v) is 20.1. The van der Waals surface area contributed by atoms with Gasteiger partial charge in [0.1, 0.15) is 6.04 Å². The van der Waals surface area contributed by atoms with Crippen LogP contribution in [-0.2, 0) is 16.0 Å². The number of urea groups is 1. The molecule has 0 bridgehead atoms. The van der Waals surface area contributed by atoms with Crippen molar-refractivity contribution >= 4 is 34.9 Å². The Morgan fingerprint density at radius 1 is 1.06 bits per heavy atom. The molecule has 0 aliphatic carbocycles. The summed E-state index contributed by atoms with van der Waals surface area (Å²) in [6, 6.07) is 12.1. The first-order valence-electron chi connectivity index (χ1n) is 11.3. The Balaban J connectivity index is 1.47. The van der Waals surface area contributed by atoms with Crippen molar-refractivity contribution in [2.45, 2.75) is 37.8 Å². The van der Waals surface area contributed by atoms with E-state index in [2.05, 4.69) is 41.6 Å².